The van der Waals surface area contributed by atoms with Crippen LogP contribution in [0.25, 0.3) is 0 Å². The maximum atomic E-state index is 12.6. The van der Waals surface area contributed by atoms with E-state index in [1.807, 2.05) is 18.2 Å². The maximum absolute atomic E-state index is 12.6. The first-order chi connectivity index (χ1) is 13.2. The van der Waals surface area contributed by atoms with Crippen molar-refractivity contribution in [2.24, 2.45) is 0 Å². The van der Waals surface area contributed by atoms with Gasteiger partial charge in [0, 0.05) is 38.9 Å². The van der Waals surface area contributed by atoms with E-state index in [1.165, 1.54) is 0 Å². The molecule has 2 aliphatic heterocycles. The molecular weight excluding hydrogens is 388 g/mol. The van der Waals surface area contributed by atoms with Gasteiger partial charge >= 0.3 is 0 Å². The number of pyridine rings is 1. The van der Waals surface area contributed by atoms with Crippen molar-refractivity contribution in [3.8, 4) is 0 Å². The van der Waals surface area contributed by atoms with E-state index in [9.17, 15) is 23.4 Å². The summed E-state index contributed by atoms with van der Waals surface area (Å²) in [6.45, 7) is 2.20. The number of carbonyl (C=O) groups excluding carboxylic acids is 1. The molecule has 10 nitrogen and oxygen atoms in total. The fraction of sp³-hybridized carbons (Fsp3) is 0.647. The largest absolute Gasteiger partial charge is 0.388 e. The second-order valence-electron chi connectivity index (χ2n) is 7.07. The van der Waals surface area contributed by atoms with E-state index in [0.717, 1.165) is 12.1 Å². The number of ether oxygens (including phenoxy) is 1. The van der Waals surface area contributed by atoms with Crippen molar-refractivity contribution in [3.63, 3.8) is 0 Å². The first-order valence-electron chi connectivity index (χ1n) is 9.14. The second-order valence-corrected chi connectivity index (χ2v) is 8.91. The zero-order chi connectivity index (χ0) is 20.3. The summed E-state index contributed by atoms with van der Waals surface area (Å²) in [6.07, 6.45) is -1.62. The van der Waals surface area contributed by atoms with Gasteiger partial charge in [0.1, 0.15) is 24.1 Å². The monoisotopic (exact) mass is 414 g/mol. The summed E-state index contributed by atoms with van der Waals surface area (Å²) in [5.74, 6) is 0.696. The molecule has 2 saturated heterocycles. The van der Waals surface area contributed by atoms with Crippen LogP contribution in [0.4, 0.5) is 5.82 Å². The third-order valence-corrected chi connectivity index (χ3v) is 5.68. The Morgan fingerprint density at radius 2 is 1.89 bits per heavy atom. The van der Waals surface area contributed by atoms with Crippen LogP contribution in [-0.4, -0.2) is 97.8 Å². The number of nitrogens with one attached hydrogen (secondary N) is 1. The van der Waals surface area contributed by atoms with Crippen LogP contribution in [0.3, 0.4) is 0 Å². The summed E-state index contributed by atoms with van der Waals surface area (Å²) < 4.78 is 30.2. The number of amides is 1. The molecule has 0 bridgehead atoms. The lowest BCUT2D eigenvalue weighted by Crippen LogP contribution is -2.50. The Bertz CT molecular complexity index is 769. The van der Waals surface area contributed by atoms with Gasteiger partial charge in [-0.3, -0.25) is 4.79 Å². The number of rotatable bonds is 6. The van der Waals surface area contributed by atoms with Crippen LogP contribution in [-0.2, 0) is 19.6 Å². The summed E-state index contributed by atoms with van der Waals surface area (Å²) in [6, 6.07) is 5.69. The normalized spacial score (nSPS) is 28.5. The number of anilines is 1. The molecular formula is C17H26N4O6S. The van der Waals surface area contributed by atoms with Crippen LogP contribution >= 0.6 is 0 Å². The van der Waals surface area contributed by atoms with Gasteiger partial charge in [-0.2, -0.15) is 0 Å². The van der Waals surface area contributed by atoms with Crippen molar-refractivity contribution in [1.82, 2.24) is 14.6 Å². The van der Waals surface area contributed by atoms with Gasteiger partial charge in [-0.1, -0.05) is 6.07 Å². The van der Waals surface area contributed by atoms with E-state index < -0.39 is 34.4 Å². The number of carbonyl (C=O) groups is 1. The lowest BCUT2D eigenvalue weighted by atomic mass is 10.0. The van der Waals surface area contributed by atoms with Gasteiger partial charge in [0.05, 0.1) is 18.8 Å². The van der Waals surface area contributed by atoms with E-state index in [0.29, 0.717) is 26.2 Å². The fourth-order valence-corrected chi connectivity index (χ4v) is 3.89. The number of sulfonamides is 1. The van der Waals surface area contributed by atoms with Gasteiger partial charge in [-0.05, 0) is 12.1 Å². The van der Waals surface area contributed by atoms with Crippen molar-refractivity contribution < 1.29 is 28.2 Å². The smallest absolute Gasteiger partial charge is 0.225 e. The van der Waals surface area contributed by atoms with Crippen molar-refractivity contribution in [3.05, 3.63) is 24.4 Å². The number of nitrogens with zero attached hydrogens (tertiary/aromatic N) is 3. The highest BCUT2D eigenvalue weighted by Crippen LogP contribution is 2.24. The molecule has 3 rings (SSSR count). The molecule has 3 heterocycles. The SMILES string of the molecule is CS(=O)(=O)NCC1OC(CC(=O)N2CCN(c3ccccn3)CC2)C(O)C1O. The molecule has 1 aromatic heterocycles. The van der Waals surface area contributed by atoms with Gasteiger partial charge < -0.3 is 24.7 Å². The molecule has 1 aromatic rings. The number of aliphatic hydroxyl groups is 2. The molecule has 1 amide bonds. The highest BCUT2D eigenvalue weighted by molar-refractivity contribution is 7.88. The highest BCUT2D eigenvalue weighted by Gasteiger charge is 2.44. The minimum Gasteiger partial charge on any atom is -0.388 e. The number of aliphatic hydroxyl groups excluding tert-OH is 2. The Hall–Kier alpha value is -1.79. The van der Waals surface area contributed by atoms with Crippen LogP contribution in [0.2, 0.25) is 0 Å². The molecule has 0 spiro atoms. The molecule has 2 fully saturated rings. The standard InChI is InChI=1S/C17H26N4O6S/c1-28(25,26)19-11-13-17(24)16(23)12(27-13)10-15(22)21-8-6-20(7-9-21)14-4-2-3-5-18-14/h2-5,12-13,16-17,19,23-24H,6-11H2,1H3. The first-order valence-corrected chi connectivity index (χ1v) is 11.0. The molecule has 3 N–H and O–H groups in total. The van der Waals surface area contributed by atoms with E-state index in [4.69, 9.17) is 4.74 Å². The molecule has 11 heteroatoms. The third kappa shape index (κ3) is 5.17. The first kappa shape index (κ1) is 20.9. The molecule has 4 unspecified atom stereocenters. The Morgan fingerprint density at radius 3 is 2.50 bits per heavy atom. The van der Waals surface area contributed by atoms with Crippen LogP contribution in [0.15, 0.2) is 24.4 Å². The summed E-state index contributed by atoms with van der Waals surface area (Å²) in [4.78, 5) is 20.7. The molecule has 2 aliphatic rings. The molecule has 156 valence electrons. The van der Waals surface area contributed by atoms with Crippen molar-refractivity contribution >= 4 is 21.7 Å². The summed E-state index contributed by atoms with van der Waals surface area (Å²) in [7, 11) is -3.45. The molecule has 4 atom stereocenters. The van der Waals surface area contributed by atoms with Gasteiger partial charge in [0.25, 0.3) is 0 Å². The lowest BCUT2D eigenvalue weighted by Gasteiger charge is -2.36. The van der Waals surface area contributed by atoms with E-state index in [2.05, 4.69) is 14.6 Å². The average molecular weight is 414 g/mol. The van der Waals surface area contributed by atoms with Crippen LogP contribution in [0.5, 0.6) is 0 Å². The minimum absolute atomic E-state index is 0.0722. The van der Waals surface area contributed by atoms with Crippen LogP contribution in [0, 0.1) is 0 Å². The predicted molar refractivity (Wildman–Crippen MR) is 101 cm³/mol. The Kier molecular flexibility index (Phi) is 6.50. The van der Waals surface area contributed by atoms with Gasteiger partial charge in [-0.25, -0.2) is 18.1 Å². The van der Waals surface area contributed by atoms with Crippen LogP contribution < -0.4 is 9.62 Å². The van der Waals surface area contributed by atoms with Gasteiger partial charge in [-0.15, -0.1) is 0 Å². The topological polar surface area (TPSA) is 132 Å². The van der Waals surface area contributed by atoms with E-state index in [1.54, 1.807) is 11.1 Å². The van der Waals surface area contributed by atoms with Gasteiger partial charge in [0.2, 0.25) is 15.9 Å². The lowest BCUT2D eigenvalue weighted by molar-refractivity contribution is -0.135. The van der Waals surface area contributed by atoms with E-state index in [-0.39, 0.29) is 18.9 Å². The molecule has 0 radical (unpaired) electrons. The van der Waals surface area contributed by atoms with Crippen molar-refractivity contribution in [2.75, 3.05) is 43.9 Å². The van der Waals surface area contributed by atoms with E-state index >= 15 is 0 Å². The number of hydrogen-bond donors (Lipinski definition) is 3. The zero-order valence-corrected chi connectivity index (χ0v) is 16.5. The number of aromatic nitrogens is 1. The number of piperazine rings is 1. The summed E-state index contributed by atoms with van der Waals surface area (Å²) >= 11 is 0. The highest BCUT2D eigenvalue weighted by atomic mass is 32.2. The quantitative estimate of drug-likeness (QED) is 0.495. The van der Waals surface area contributed by atoms with Crippen LogP contribution in [0.1, 0.15) is 6.42 Å². The summed E-state index contributed by atoms with van der Waals surface area (Å²) in [5, 5.41) is 20.2. The number of hydrogen-bond acceptors (Lipinski definition) is 8. The molecule has 0 aromatic carbocycles. The predicted octanol–water partition coefficient (Wildman–Crippen LogP) is -1.84. The van der Waals surface area contributed by atoms with Crippen molar-refractivity contribution in [2.45, 2.75) is 30.8 Å². The van der Waals surface area contributed by atoms with Gasteiger partial charge in [0.15, 0.2) is 0 Å². The maximum Gasteiger partial charge on any atom is 0.225 e. The minimum atomic E-state index is -3.45. The molecule has 28 heavy (non-hydrogen) atoms. The molecule has 0 saturated carbocycles. The third-order valence-electron chi connectivity index (χ3n) is 4.99. The zero-order valence-electron chi connectivity index (χ0n) is 15.6. The fourth-order valence-electron chi connectivity index (χ4n) is 3.42. The average Bonchev–Trinajstić information content (AvgIpc) is 2.94. The Morgan fingerprint density at radius 1 is 1.21 bits per heavy atom. The molecule has 0 aliphatic carbocycles. The Labute approximate surface area is 164 Å². The Balaban J connectivity index is 1.49. The second kappa shape index (κ2) is 8.70. The van der Waals surface area contributed by atoms with Crippen molar-refractivity contribution in [1.29, 1.82) is 0 Å². The summed E-state index contributed by atoms with van der Waals surface area (Å²) in [5.41, 5.74) is 0.